The lowest BCUT2D eigenvalue weighted by molar-refractivity contribution is 0.560. The van der Waals surface area contributed by atoms with Gasteiger partial charge in [0.25, 0.3) is 0 Å². The first-order chi connectivity index (χ1) is 5.42. The van der Waals surface area contributed by atoms with Gasteiger partial charge in [-0.15, -0.1) is 0 Å². The molecule has 1 aromatic rings. The molecule has 1 aliphatic heterocycles. The van der Waals surface area contributed by atoms with E-state index in [2.05, 4.69) is 22.0 Å². The van der Waals surface area contributed by atoms with Crippen molar-refractivity contribution in [3.8, 4) is 0 Å². The van der Waals surface area contributed by atoms with E-state index < -0.39 is 0 Å². The highest BCUT2D eigenvalue weighted by atomic mass is 15.3. The maximum Gasteiger partial charge on any atom is 0.0554 e. The Morgan fingerprint density at radius 1 is 1.73 bits per heavy atom. The molecule has 0 fully saturated rings. The minimum absolute atomic E-state index is 0.983. The molecule has 11 heavy (non-hydrogen) atoms. The molecule has 2 rings (SSSR count). The molecular formula is C8H13N3. The normalized spacial score (nSPS) is 16.5. The van der Waals surface area contributed by atoms with Gasteiger partial charge < -0.3 is 5.32 Å². The summed E-state index contributed by atoms with van der Waals surface area (Å²) in [4.78, 5) is 0. The second-order valence-corrected chi connectivity index (χ2v) is 2.86. The fraction of sp³-hybridized carbons (Fsp3) is 0.625. The average molecular weight is 151 g/mol. The third-order valence-electron chi connectivity index (χ3n) is 2.20. The maximum absolute atomic E-state index is 4.29. The Bertz CT molecular complexity index is 238. The second kappa shape index (κ2) is 2.66. The molecule has 0 unspecified atom stereocenters. The minimum atomic E-state index is 0.983. The van der Waals surface area contributed by atoms with Crippen LogP contribution >= 0.6 is 0 Å². The molecule has 0 saturated carbocycles. The molecule has 0 amide bonds. The predicted molar refractivity (Wildman–Crippen MR) is 43.3 cm³/mol. The number of fused-ring (bicyclic) bond motifs is 1. The van der Waals surface area contributed by atoms with Gasteiger partial charge in [0.1, 0.15) is 0 Å². The Kier molecular flexibility index (Phi) is 1.66. The summed E-state index contributed by atoms with van der Waals surface area (Å²) in [5, 5.41) is 7.63. The summed E-state index contributed by atoms with van der Waals surface area (Å²) in [5.41, 5.74) is 2.80. The van der Waals surface area contributed by atoms with Crippen molar-refractivity contribution in [2.45, 2.75) is 26.4 Å². The molecule has 0 aromatic carbocycles. The highest BCUT2D eigenvalue weighted by Crippen LogP contribution is 2.12. The molecule has 0 spiro atoms. The molecule has 0 saturated heterocycles. The Morgan fingerprint density at radius 3 is 3.45 bits per heavy atom. The molecule has 0 bridgehead atoms. The van der Waals surface area contributed by atoms with Gasteiger partial charge in [-0.25, -0.2) is 0 Å². The Labute approximate surface area is 66.4 Å². The van der Waals surface area contributed by atoms with Gasteiger partial charge >= 0.3 is 0 Å². The summed E-state index contributed by atoms with van der Waals surface area (Å²) >= 11 is 0. The summed E-state index contributed by atoms with van der Waals surface area (Å²) in [6.45, 7) is 5.20. The average Bonchev–Trinajstić information content (AvgIpc) is 2.47. The first kappa shape index (κ1) is 6.85. The predicted octanol–water partition coefficient (Wildman–Crippen LogP) is 0.549. The van der Waals surface area contributed by atoms with E-state index in [-0.39, 0.29) is 0 Å². The highest BCUT2D eigenvalue weighted by Gasteiger charge is 2.12. The van der Waals surface area contributed by atoms with Crippen LogP contribution in [0, 0.1) is 0 Å². The van der Waals surface area contributed by atoms with Gasteiger partial charge in [0, 0.05) is 13.1 Å². The lowest BCUT2D eigenvalue weighted by Crippen LogP contribution is -2.25. The van der Waals surface area contributed by atoms with Crippen LogP contribution in [-0.2, 0) is 19.5 Å². The van der Waals surface area contributed by atoms with E-state index in [0.717, 1.165) is 26.1 Å². The van der Waals surface area contributed by atoms with Crippen molar-refractivity contribution in [1.82, 2.24) is 15.1 Å². The van der Waals surface area contributed by atoms with Crippen LogP contribution in [0.5, 0.6) is 0 Å². The van der Waals surface area contributed by atoms with Gasteiger partial charge in [0.15, 0.2) is 0 Å². The quantitative estimate of drug-likeness (QED) is 0.635. The smallest absolute Gasteiger partial charge is 0.0554 e. The van der Waals surface area contributed by atoms with Gasteiger partial charge in [-0.1, -0.05) is 0 Å². The van der Waals surface area contributed by atoms with E-state index in [9.17, 15) is 0 Å². The van der Waals surface area contributed by atoms with Crippen LogP contribution in [0.4, 0.5) is 0 Å². The number of hydrogen-bond acceptors (Lipinski definition) is 2. The van der Waals surface area contributed by atoms with Gasteiger partial charge in [-0.3, -0.25) is 4.68 Å². The topological polar surface area (TPSA) is 29.9 Å². The standard InChI is InChI=1S/C8H13N3/c1-2-11-8-6-9-4-3-7(8)5-10-11/h5,9H,2-4,6H2,1H3. The van der Waals surface area contributed by atoms with Crippen LogP contribution in [0.1, 0.15) is 18.2 Å². The highest BCUT2D eigenvalue weighted by molar-refractivity contribution is 5.20. The van der Waals surface area contributed by atoms with Crippen molar-refractivity contribution in [3.05, 3.63) is 17.5 Å². The lowest BCUT2D eigenvalue weighted by atomic mass is 10.1. The molecule has 0 aliphatic carbocycles. The molecule has 0 radical (unpaired) electrons. The van der Waals surface area contributed by atoms with Crippen molar-refractivity contribution in [2.75, 3.05) is 6.54 Å². The van der Waals surface area contributed by atoms with Crippen molar-refractivity contribution in [3.63, 3.8) is 0 Å². The Balaban J connectivity index is 2.38. The van der Waals surface area contributed by atoms with Gasteiger partial charge in [0.05, 0.1) is 11.9 Å². The van der Waals surface area contributed by atoms with Crippen LogP contribution in [0.15, 0.2) is 6.20 Å². The first-order valence-electron chi connectivity index (χ1n) is 4.16. The van der Waals surface area contributed by atoms with Crippen molar-refractivity contribution in [2.24, 2.45) is 0 Å². The van der Waals surface area contributed by atoms with Crippen LogP contribution < -0.4 is 5.32 Å². The molecule has 60 valence electrons. The van der Waals surface area contributed by atoms with Crippen molar-refractivity contribution >= 4 is 0 Å². The number of nitrogens with zero attached hydrogens (tertiary/aromatic N) is 2. The SMILES string of the molecule is CCn1ncc2c1CNCC2. The van der Waals surface area contributed by atoms with Crippen LogP contribution in [0.25, 0.3) is 0 Å². The summed E-state index contributed by atoms with van der Waals surface area (Å²) in [7, 11) is 0. The molecule has 2 heterocycles. The number of aryl methyl sites for hydroxylation is 1. The first-order valence-corrected chi connectivity index (χ1v) is 4.16. The van der Waals surface area contributed by atoms with Crippen LogP contribution in [0.2, 0.25) is 0 Å². The zero-order chi connectivity index (χ0) is 7.68. The molecule has 0 atom stereocenters. The fourth-order valence-electron chi connectivity index (χ4n) is 1.57. The third-order valence-corrected chi connectivity index (χ3v) is 2.20. The molecule has 1 N–H and O–H groups in total. The molecular weight excluding hydrogens is 138 g/mol. The summed E-state index contributed by atoms with van der Waals surface area (Å²) in [5.74, 6) is 0. The zero-order valence-corrected chi connectivity index (χ0v) is 6.80. The summed E-state index contributed by atoms with van der Waals surface area (Å²) in [6, 6.07) is 0. The van der Waals surface area contributed by atoms with E-state index in [1.54, 1.807) is 0 Å². The Morgan fingerprint density at radius 2 is 2.64 bits per heavy atom. The lowest BCUT2D eigenvalue weighted by Gasteiger charge is -2.13. The monoisotopic (exact) mass is 151 g/mol. The number of aromatic nitrogens is 2. The van der Waals surface area contributed by atoms with Crippen LogP contribution in [-0.4, -0.2) is 16.3 Å². The fourth-order valence-corrected chi connectivity index (χ4v) is 1.57. The van der Waals surface area contributed by atoms with E-state index in [4.69, 9.17) is 0 Å². The summed E-state index contributed by atoms with van der Waals surface area (Å²) in [6.07, 6.45) is 3.13. The summed E-state index contributed by atoms with van der Waals surface area (Å²) < 4.78 is 2.07. The molecule has 1 aliphatic rings. The van der Waals surface area contributed by atoms with E-state index >= 15 is 0 Å². The van der Waals surface area contributed by atoms with Crippen molar-refractivity contribution in [1.29, 1.82) is 0 Å². The number of nitrogens with one attached hydrogen (secondary N) is 1. The molecule has 3 nitrogen and oxygen atoms in total. The van der Waals surface area contributed by atoms with Gasteiger partial charge in [0.2, 0.25) is 0 Å². The van der Waals surface area contributed by atoms with Gasteiger partial charge in [-0.2, -0.15) is 5.10 Å². The van der Waals surface area contributed by atoms with E-state index in [1.807, 2.05) is 6.20 Å². The minimum Gasteiger partial charge on any atom is -0.311 e. The number of rotatable bonds is 1. The Hall–Kier alpha value is -0.830. The number of hydrogen-bond donors (Lipinski definition) is 1. The maximum atomic E-state index is 4.29. The van der Waals surface area contributed by atoms with Gasteiger partial charge in [-0.05, 0) is 25.5 Å². The molecule has 1 aromatic heterocycles. The zero-order valence-electron chi connectivity index (χ0n) is 6.80. The van der Waals surface area contributed by atoms with E-state index in [1.165, 1.54) is 11.3 Å². The third kappa shape index (κ3) is 1.05. The van der Waals surface area contributed by atoms with E-state index in [0.29, 0.717) is 0 Å². The van der Waals surface area contributed by atoms with Crippen molar-refractivity contribution < 1.29 is 0 Å². The molecule has 3 heteroatoms. The second-order valence-electron chi connectivity index (χ2n) is 2.86. The van der Waals surface area contributed by atoms with Crippen LogP contribution in [0.3, 0.4) is 0 Å². The largest absolute Gasteiger partial charge is 0.311 e.